The zero-order valence-corrected chi connectivity index (χ0v) is 67.4. The van der Waals surface area contributed by atoms with Gasteiger partial charge in [0.25, 0.3) is 0 Å². The highest BCUT2D eigenvalue weighted by Crippen LogP contribution is 2.41. The fourth-order valence-corrected chi connectivity index (χ4v) is 12.6. The van der Waals surface area contributed by atoms with Gasteiger partial charge in [-0.3, -0.25) is 0 Å². The van der Waals surface area contributed by atoms with Crippen LogP contribution in [0.25, 0.3) is 0 Å². The molecule has 1 aliphatic carbocycles. The molecule has 6 N–H and O–H groups in total. The Labute approximate surface area is 669 Å². The van der Waals surface area contributed by atoms with E-state index in [0.717, 1.165) is 127 Å². The van der Waals surface area contributed by atoms with Gasteiger partial charge in [-0.15, -0.1) is 0 Å². The van der Waals surface area contributed by atoms with Crippen molar-refractivity contribution < 1.29 is 76.1 Å². The molecule has 0 aromatic heterocycles. The molecule has 0 fully saturated rings. The van der Waals surface area contributed by atoms with Crippen molar-refractivity contribution in [2.75, 3.05) is 64.5 Å². The average Bonchev–Trinajstić information content (AvgIpc) is 0.778. The summed E-state index contributed by atoms with van der Waals surface area (Å²) >= 11 is 0. The number of hydrogen-bond donors (Lipinski definition) is 6. The molecule has 0 radical (unpaired) electrons. The Morgan fingerprint density at radius 1 is 0.386 bits per heavy atom. The summed E-state index contributed by atoms with van der Waals surface area (Å²) in [4.78, 5) is 77.6. The Hall–Kier alpha value is -12.3. The number of carbonyl (C=O) groups excluding carboxylic acids is 6. The van der Waals surface area contributed by atoms with Crippen molar-refractivity contribution in [3.63, 3.8) is 0 Å². The van der Waals surface area contributed by atoms with Gasteiger partial charge in [-0.2, -0.15) is 0 Å². The molecule has 114 heavy (non-hydrogen) atoms. The van der Waals surface area contributed by atoms with Crippen molar-refractivity contribution in [1.29, 1.82) is 0 Å². The van der Waals surface area contributed by atoms with Crippen LogP contribution in [0, 0.1) is 23.7 Å². The number of benzene rings is 8. The number of carbonyl (C=O) groups is 6. The van der Waals surface area contributed by atoms with Gasteiger partial charge in [0, 0.05) is 74.1 Å². The molecule has 0 heterocycles. The van der Waals surface area contributed by atoms with Crippen LogP contribution in [0.15, 0.2) is 158 Å². The van der Waals surface area contributed by atoms with Gasteiger partial charge in [0.2, 0.25) is 0 Å². The highest BCUT2D eigenvalue weighted by atomic mass is 16.6. The molecule has 8 aromatic rings. The van der Waals surface area contributed by atoms with Crippen molar-refractivity contribution in [3.8, 4) is 58.2 Å². The number of para-hydroxylation sites is 2. The summed E-state index contributed by atoms with van der Waals surface area (Å²) in [5.74, 6) is 15.4. The van der Waals surface area contributed by atoms with Crippen molar-refractivity contribution in [3.05, 3.63) is 236 Å². The second-order valence-corrected chi connectivity index (χ2v) is 29.5. The Morgan fingerprint density at radius 2 is 0.693 bits per heavy atom. The molecular formula is C92H106N6O16. The number of ether oxygens (including phenoxy) is 10. The van der Waals surface area contributed by atoms with Crippen LogP contribution in [0.2, 0.25) is 0 Å². The molecule has 0 unspecified atom stereocenters. The summed E-state index contributed by atoms with van der Waals surface area (Å²) in [6.45, 7) is 21.3. The van der Waals surface area contributed by atoms with Crippen molar-refractivity contribution in [2.24, 2.45) is 0 Å². The number of methoxy groups -OCH3 is 2. The van der Waals surface area contributed by atoms with Gasteiger partial charge in [-0.05, 0) is 231 Å². The van der Waals surface area contributed by atoms with Crippen LogP contribution in [-0.2, 0) is 80.2 Å². The maximum Gasteiger partial charge on any atom is 0.408 e. The number of nitrogens with one attached hydrogen (secondary N) is 6. The third kappa shape index (κ3) is 27.0. The smallest absolute Gasteiger partial charge is 0.408 e. The highest BCUT2D eigenvalue weighted by Gasteiger charge is 2.29. The van der Waals surface area contributed by atoms with Crippen LogP contribution in [0.1, 0.15) is 173 Å². The third-order valence-corrected chi connectivity index (χ3v) is 17.6. The van der Waals surface area contributed by atoms with Crippen molar-refractivity contribution >= 4 is 47.6 Å². The minimum absolute atomic E-state index is 0.102. The molecule has 600 valence electrons. The zero-order chi connectivity index (χ0) is 81.6. The topological polar surface area (TPSA) is 267 Å². The van der Waals surface area contributed by atoms with Crippen molar-refractivity contribution in [2.45, 2.75) is 170 Å². The fraction of sp³-hybridized carbons (Fsp3) is 0.370. The monoisotopic (exact) mass is 1550 g/mol. The van der Waals surface area contributed by atoms with Gasteiger partial charge in [-0.25, -0.2) is 28.8 Å². The predicted octanol–water partition coefficient (Wildman–Crippen LogP) is 16.2. The molecular weight excluding hydrogens is 1450 g/mol. The SMILES string of the molecule is CCCOc1c2cccc1Cc1cc(CNC(=O)Nc3ccc(C#CCOc4ccc(C[C@H](NC(=O)OC(C)(C)C)C(=O)OC)cc4)cc3)cc(c1OCCC)Cc1cccc(c1OCCC)Cc1cc(CNC(=O)Nc3ccc(C#CCOc4ccc(C[C@H](NC(=O)OC(C)(C)C)C(=O)OC)cc4)cc3)cc(c1OCCC)C2. The minimum atomic E-state index is -0.946. The average molecular weight is 1550 g/mol. The Morgan fingerprint density at radius 3 is 0.982 bits per heavy atom. The van der Waals surface area contributed by atoms with E-state index in [-0.39, 0.29) is 39.1 Å². The Kier molecular flexibility index (Phi) is 31.9. The largest absolute Gasteiger partial charge is 0.493 e. The summed E-state index contributed by atoms with van der Waals surface area (Å²) in [6, 6.07) is 47.1. The lowest BCUT2D eigenvalue weighted by Gasteiger charge is -2.24. The van der Waals surface area contributed by atoms with E-state index in [1.165, 1.54) is 14.2 Å². The molecule has 1 aliphatic rings. The van der Waals surface area contributed by atoms with E-state index < -0.39 is 59.5 Å². The lowest BCUT2D eigenvalue weighted by Crippen LogP contribution is -2.45. The Bertz CT molecular complexity index is 4330. The minimum Gasteiger partial charge on any atom is -0.493 e. The summed E-state index contributed by atoms with van der Waals surface area (Å²) in [5.41, 5.74) is 12.0. The summed E-state index contributed by atoms with van der Waals surface area (Å²) in [7, 11) is 2.53. The van der Waals surface area contributed by atoms with Gasteiger partial charge in [0.15, 0.2) is 0 Å². The maximum absolute atomic E-state index is 13.9. The van der Waals surface area contributed by atoms with E-state index in [4.69, 9.17) is 47.4 Å². The molecule has 0 spiro atoms. The molecule has 8 aromatic carbocycles. The molecule has 0 saturated heterocycles. The quantitative estimate of drug-likeness (QED) is 0.0139. The van der Waals surface area contributed by atoms with Crippen molar-refractivity contribution in [1.82, 2.24) is 21.3 Å². The second-order valence-electron chi connectivity index (χ2n) is 29.5. The first kappa shape index (κ1) is 85.7. The van der Waals surface area contributed by atoms with Crippen LogP contribution in [0.3, 0.4) is 0 Å². The van der Waals surface area contributed by atoms with E-state index in [0.29, 0.717) is 75.0 Å². The molecule has 2 atom stereocenters. The number of rotatable bonds is 30. The van der Waals surface area contributed by atoms with Gasteiger partial charge < -0.3 is 79.3 Å². The maximum atomic E-state index is 13.9. The highest BCUT2D eigenvalue weighted by molar-refractivity contribution is 5.90. The molecule has 22 nitrogen and oxygen atoms in total. The summed E-state index contributed by atoms with van der Waals surface area (Å²) < 4.78 is 59.7. The number of fused-ring (bicyclic) bond motifs is 8. The number of anilines is 2. The summed E-state index contributed by atoms with van der Waals surface area (Å²) in [5, 5.41) is 17.4. The number of urea groups is 2. The van der Waals surface area contributed by atoms with E-state index in [1.54, 1.807) is 114 Å². The van der Waals surface area contributed by atoms with Crippen LogP contribution in [0.5, 0.6) is 34.5 Å². The first-order valence-electron chi connectivity index (χ1n) is 38.8. The molecule has 8 bridgehead atoms. The Balaban J connectivity index is 0.891. The predicted molar refractivity (Wildman–Crippen MR) is 440 cm³/mol. The standard InChI is InChI=1S/C92H106N6O16/c1-13-43-109-81-67-23-17-24-68(81)56-72-50-66(60-94-88(102)96-76-37-29-62(30-38-76)22-20-48-108-78-41-33-64(34-42-78)54-80(86(100)106-12)98-90(104)114-92(8,9)10)52-74(84(72)112-46-16-4)58-70-26-18-25-69(82(70)110-44-14-2)57-73-51-65(49-71(55-67)83(73)111-45-15-3)59-93-87(101)95-75-35-27-61(28-36-75)21-19-47-107-77-39-31-63(32-40-77)53-79(85(99)105-11)97-89(103)113-91(5,6)7/h17-18,23-42,49-52,79-80H,13-16,43-48,53-60H2,1-12H3,(H,97,103)(H,98,104)(H2,93,95,101)(H2,94,96,102)/t79-,80-/m0/s1. The first-order valence-corrected chi connectivity index (χ1v) is 38.8. The number of alkyl carbamates (subject to hydrolysis) is 2. The fourth-order valence-electron chi connectivity index (χ4n) is 12.6. The van der Waals surface area contributed by atoms with Gasteiger partial charge >= 0.3 is 36.2 Å². The summed E-state index contributed by atoms with van der Waals surface area (Å²) in [6.07, 6.45) is 3.82. The number of amides is 6. The zero-order valence-electron chi connectivity index (χ0n) is 67.4. The lowest BCUT2D eigenvalue weighted by atomic mass is 9.89. The van der Waals surface area contributed by atoms with Crippen LogP contribution < -0.4 is 60.3 Å². The third-order valence-electron chi connectivity index (χ3n) is 17.6. The van der Waals surface area contributed by atoms with E-state index in [9.17, 15) is 28.8 Å². The van der Waals surface area contributed by atoms with Crippen LogP contribution in [0.4, 0.5) is 30.6 Å². The number of hydrogen-bond acceptors (Lipinski definition) is 16. The normalized spacial score (nSPS) is 12.0. The number of esters is 2. The molecule has 9 rings (SSSR count). The molecule has 0 saturated carbocycles. The molecule has 0 aliphatic heterocycles. The van der Waals surface area contributed by atoms with E-state index in [2.05, 4.69) is 144 Å². The van der Waals surface area contributed by atoms with E-state index in [1.807, 2.05) is 24.3 Å². The van der Waals surface area contributed by atoms with Gasteiger partial charge in [-0.1, -0.05) is 112 Å². The van der Waals surface area contributed by atoms with Crippen LogP contribution in [-0.4, -0.2) is 113 Å². The second kappa shape index (κ2) is 42.4. The molecule has 22 heteroatoms. The van der Waals surface area contributed by atoms with Crippen LogP contribution >= 0.6 is 0 Å². The van der Waals surface area contributed by atoms with Gasteiger partial charge in [0.1, 0.15) is 71.0 Å². The van der Waals surface area contributed by atoms with E-state index >= 15 is 0 Å². The molecule has 6 amide bonds. The van der Waals surface area contributed by atoms with Gasteiger partial charge in [0.05, 0.1) is 40.6 Å². The lowest BCUT2D eigenvalue weighted by molar-refractivity contribution is -0.143. The first-order chi connectivity index (χ1) is 54.9.